The zero-order valence-electron chi connectivity index (χ0n) is 15.9. The molecule has 1 atom stereocenters. The van der Waals surface area contributed by atoms with E-state index < -0.39 is 5.72 Å². The summed E-state index contributed by atoms with van der Waals surface area (Å²) in [7, 11) is 3.40. The van der Waals surface area contributed by atoms with Crippen LogP contribution in [0.5, 0.6) is 0 Å². The molecule has 0 radical (unpaired) electrons. The summed E-state index contributed by atoms with van der Waals surface area (Å²) in [6.45, 7) is 2.76. The lowest BCUT2D eigenvalue weighted by atomic mass is 10.0. The summed E-state index contributed by atoms with van der Waals surface area (Å²) in [6.07, 6.45) is 0.145. The molecule has 0 aliphatic carbocycles. The first-order valence-electron chi connectivity index (χ1n) is 8.95. The van der Waals surface area contributed by atoms with E-state index in [9.17, 15) is 4.79 Å². The van der Waals surface area contributed by atoms with Gasteiger partial charge in [0, 0.05) is 26.3 Å². The molecule has 0 spiro atoms. The minimum absolute atomic E-state index is 0.118. The van der Waals surface area contributed by atoms with Crippen LogP contribution in [0.4, 0.5) is 0 Å². The lowest BCUT2D eigenvalue weighted by molar-refractivity contribution is -0.166. The number of amides is 1. The van der Waals surface area contributed by atoms with Gasteiger partial charge in [0.15, 0.2) is 11.6 Å². The fraction of sp³-hybridized carbons (Fsp3) is 0.333. The van der Waals surface area contributed by atoms with Gasteiger partial charge in [-0.15, -0.1) is 0 Å². The zero-order valence-corrected chi connectivity index (χ0v) is 15.9. The minimum Gasteiger partial charge on any atom is -0.383 e. The topological polar surface area (TPSA) is 63.2 Å². The van der Waals surface area contributed by atoms with Crippen LogP contribution < -0.4 is 5.32 Å². The molecule has 6 heteroatoms. The Morgan fingerprint density at radius 2 is 1.74 bits per heavy atom. The molecule has 2 aromatic rings. The fourth-order valence-electron chi connectivity index (χ4n) is 3.07. The Hall–Kier alpha value is -2.70. The predicted molar refractivity (Wildman–Crippen MR) is 105 cm³/mol. The van der Waals surface area contributed by atoms with Crippen LogP contribution in [0.25, 0.3) is 11.1 Å². The minimum atomic E-state index is -0.917. The lowest BCUT2D eigenvalue weighted by Gasteiger charge is -2.21. The number of methoxy groups -OCH3 is 1. The van der Waals surface area contributed by atoms with Gasteiger partial charge in [0.2, 0.25) is 5.91 Å². The van der Waals surface area contributed by atoms with Crippen molar-refractivity contribution in [2.24, 2.45) is 4.99 Å². The van der Waals surface area contributed by atoms with Crippen LogP contribution in [0.3, 0.4) is 0 Å². The van der Waals surface area contributed by atoms with Crippen LogP contribution in [0, 0.1) is 0 Å². The van der Waals surface area contributed by atoms with Crippen molar-refractivity contribution in [1.29, 1.82) is 0 Å². The van der Waals surface area contributed by atoms with Gasteiger partial charge in [-0.05, 0) is 18.1 Å². The van der Waals surface area contributed by atoms with Gasteiger partial charge in [-0.25, -0.2) is 14.9 Å². The lowest BCUT2D eigenvalue weighted by Crippen LogP contribution is -2.36. The second-order valence-corrected chi connectivity index (χ2v) is 6.66. The zero-order chi connectivity index (χ0) is 19.3. The quantitative estimate of drug-likeness (QED) is 0.765. The van der Waals surface area contributed by atoms with Gasteiger partial charge < -0.3 is 10.1 Å². The summed E-state index contributed by atoms with van der Waals surface area (Å²) in [5.74, 6) is 0.592. The number of nitrogens with one attached hydrogen (secondary N) is 1. The number of nitrogens with zero attached hydrogens (tertiary/aromatic N) is 2. The average molecular weight is 367 g/mol. The first-order valence-corrected chi connectivity index (χ1v) is 8.95. The average Bonchev–Trinajstić information content (AvgIpc) is 2.97. The van der Waals surface area contributed by atoms with Crippen molar-refractivity contribution >= 4 is 11.7 Å². The number of hydroxylamine groups is 2. The molecule has 1 aliphatic rings. The molecular weight excluding hydrogens is 342 g/mol. The molecule has 27 heavy (non-hydrogen) atoms. The Kier molecular flexibility index (Phi) is 5.88. The number of carbonyl (C=O) groups excluding carboxylic acids is 1. The highest BCUT2D eigenvalue weighted by Crippen LogP contribution is 2.28. The highest BCUT2D eigenvalue weighted by atomic mass is 16.7. The molecule has 0 saturated carbocycles. The number of benzene rings is 2. The molecule has 0 aromatic heterocycles. The van der Waals surface area contributed by atoms with Crippen molar-refractivity contribution in [3.63, 3.8) is 0 Å². The Labute approximate surface area is 159 Å². The van der Waals surface area contributed by atoms with Crippen LogP contribution in [0.1, 0.15) is 18.9 Å². The van der Waals surface area contributed by atoms with Gasteiger partial charge in [0.05, 0.1) is 13.0 Å². The molecule has 6 nitrogen and oxygen atoms in total. The van der Waals surface area contributed by atoms with Gasteiger partial charge in [0.1, 0.15) is 0 Å². The molecule has 0 fully saturated rings. The monoisotopic (exact) mass is 367 g/mol. The molecule has 1 N–H and O–H groups in total. The summed E-state index contributed by atoms with van der Waals surface area (Å²) in [5.41, 5.74) is 2.33. The van der Waals surface area contributed by atoms with Crippen LogP contribution in [0.2, 0.25) is 0 Å². The second kappa shape index (κ2) is 8.33. The molecule has 0 saturated heterocycles. The van der Waals surface area contributed by atoms with E-state index in [1.165, 1.54) is 5.56 Å². The number of carbonyl (C=O) groups is 1. The SMILES string of the molecule is COCCNC(=O)CC1(C)N=C(c2ccc(-c3ccccc3)cc2)N(C)O1. The molecule has 142 valence electrons. The Balaban J connectivity index is 1.72. The van der Waals surface area contributed by atoms with E-state index in [0.29, 0.717) is 19.0 Å². The van der Waals surface area contributed by atoms with Crippen molar-refractivity contribution in [3.8, 4) is 11.1 Å². The van der Waals surface area contributed by atoms with Gasteiger partial charge in [-0.2, -0.15) is 0 Å². The molecular formula is C21H25N3O3. The van der Waals surface area contributed by atoms with Crippen molar-refractivity contribution in [2.45, 2.75) is 19.1 Å². The van der Waals surface area contributed by atoms with Gasteiger partial charge in [-0.3, -0.25) is 4.79 Å². The molecule has 1 heterocycles. The standard InChI is InChI=1S/C21H25N3O3/c1-21(15-19(25)22-13-14-26-3)23-20(24(2)27-21)18-11-9-17(10-12-18)16-7-5-4-6-8-16/h4-12H,13-15H2,1-3H3,(H,22,25). The van der Waals surface area contributed by atoms with E-state index >= 15 is 0 Å². The first-order chi connectivity index (χ1) is 13.0. The van der Waals surface area contributed by atoms with Gasteiger partial charge >= 0.3 is 0 Å². The summed E-state index contributed by atoms with van der Waals surface area (Å²) in [5, 5.41) is 4.42. The smallest absolute Gasteiger partial charge is 0.225 e. The van der Waals surface area contributed by atoms with E-state index in [-0.39, 0.29) is 12.3 Å². The van der Waals surface area contributed by atoms with Crippen molar-refractivity contribution < 1.29 is 14.4 Å². The third-order valence-corrected chi connectivity index (χ3v) is 4.34. The van der Waals surface area contributed by atoms with E-state index in [2.05, 4.69) is 34.6 Å². The summed E-state index contributed by atoms with van der Waals surface area (Å²) < 4.78 is 4.94. The number of amidine groups is 1. The summed E-state index contributed by atoms with van der Waals surface area (Å²) in [4.78, 5) is 22.6. The number of hydrogen-bond donors (Lipinski definition) is 1. The van der Waals surface area contributed by atoms with E-state index in [0.717, 1.165) is 11.1 Å². The molecule has 2 aromatic carbocycles. The number of rotatable bonds is 7. The number of hydrogen-bond acceptors (Lipinski definition) is 5. The molecule has 3 rings (SSSR count). The van der Waals surface area contributed by atoms with E-state index in [4.69, 9.17) is 9.57 Å². The van der Waals surface area contributed by atoms with Gasteiger partial charge in [-0.1, -0.05) is 54.6 Å². The van der Waals surface area contributed by atoms with Crippen LogP contribution in [-0.2, 0) is 14.4 Å². The van der Waals surface area contributed by atoms with E-state index in [1.807, 2.05) is 37.3 Å². The van der Waals surface area contributed by atoms with E-state index in [1.54, 1.807) is 19.2 Å². The van der Waals surface area contributed by atoms with Crippen molar-refractivity contribution in [3.05, 3.63) is 60.2 Å². The first kappa shape index (κ1) is 19.1. The Bertz CT molecular complexity index is 805. The third-order valence-electron chi connectivity index (χ3n) is 4.34. The van der Waals surface area contributed by atoms with Crippen LogP contribution in [0.15, 0.2) is 59.6 Å². The molecule has 0 bridgehead atoms. The van der Waals surface area contributed by atoms with Crippen molar-refractivity contribution in [2.75, 3.05) is 27.3 Å². The Morgan fingerprint density at radius 3 is 2.41 bits per heavy atom. The summed E-state index contributed by atoms with van der Waals surface area (Å²) in [6, 6.07) is 18.4. The second-order valence-electron chi connectivity index (χ2n) is 6.66. The maximum Gasteiger partial charge on any atom is 0.225 e. The fourth-order valence-corrected chi connectivity index (χ4v) is 3.07. The molecule has 1 aliphatic heterocycles. The van der Waals surface area contributed by atoms with Crippen molar-refractivity contribution in [1.82, 2.24) is 10.4 Å². The predicted octanol–water partition coefficient (Wildman–Crippen LogP) is 2.85. The van der Waals surface area contributed by atoms with Crippen LogP contribution >= 0.6 is 0 Å². The third kappa shape index (κ3) is 4.72. The normalized spacial score (nSPS) is 19.1. The highest BCUT2D eigenvalue weighted by Gasteiger charge is 2.37. The largest absolute Gasteiger partial charge is 0.383 e. The maximum absolute atomic E-state index is 12.1. The number of ether oxygens (including phenoxy) is 1. The number of aliphatic imine (C=N–C) groups is 1. The maximum atomic E-state index is 12.1. The Morgan fingerprint density at radius 1 is 1.11 bits per heavy atom. The molecule has 1 unspecified atom stereocenters. The molecule has 1 amide bonds. The van der Waals surface area contributed by atoms with Crippen LogP contribution in [-0.4, -0.2) is 49.8 Å². The highest BCUT2D eigenvalue weighted by molar-refractivity contribution is 5.99. The summed E-state index contributed by atoms with van der Waals surface area (Å²) >= 11 is 0. The van der Waals surface area contributed by atoms with Gasteiger partial charge in [0.25, 0.3) is 0 Å².